The monoisotopic (exact) mass is 273 g/mol. The van der Waals surface area contributed by atoms with Crippen LogP contribution in [0.1, 0.15) is 21.7 Å². The molecule has 2 aromatic rings. The molecular formula is C14H15N3O3. The van der Waals surface area contributed by atoms with Gasteiger partial charge in [0.15, 0.2) is 11.5 Å². The number of aromatic nitrogens is 2. The standard InChI is InChI=1S/C14H15N3O3/c1-8-13(9(2)17-16-8)15-14(18)10-3-4-11-12(7-10)20-6-5-19-11/h3-4,7H,5-6H2,1-2H3,(H,15,18)(H,16,17). The van der Waals surface area contributed by atoms with Gasteiger partial charge in [0.1, 0.15) is 13.2 Å². The van der Waals surface area contributed by atoms with Gasteiger partial charge in [-0.2, -0.15) is 5.10 Å². The number of amides is 1. The van der Waals surface area contributed by atoms with Gasteiger partial charge in [0, 0.05) is 5.56 Å². The molecule has 0 unspecified atom stereocenters. The van der Waals surface area contributed by atoms with Crippen molar-refractivity contribution in [1.82, 2.24) is 10.2 Å². The molecule has 0 spiro atoms. The first-order valence-electron chi connectivity index (χ1n) is 6.37. The van der Waals surface area contributed by atoms with Gasteiger partial charge in [-0.15, -0.1) is 0 Å². The first kappa shape index (κ1) is 12.5. The van der Waals surface area contributed by atoms with Crippen LogP contribution in [0.15, 0.2) is 18.2 Å². The molecule has 0 aliphatic carbocycles. The van der Waals surface area contributed by atoms with Gasteiger partial charge >= 0.3 is 0 Å². The predicted octanol–water partition coefficient (Wildman–Crippen LogP) is 2.05. The molecule has 104 valence electrons. The van der Waals surface area contributed by atoms with Crippen LogP contribution in [0.4, 0.5) is 5.69 Å². The highest BCUT2D eigenvalue weighted by Gasteiger charge is 2.16. The van der Waals surface area contributed by atoms with E-state index in [-0.39, 0.29) is 5.91 Å². The van der Waals surface area contributed by atoms with E-state index >= 15 is 0 Å². The third-order valence-corrected chi connectivity index (χ3v) is 3.17. The second-order valence-corrected chi connectivity index (χ2v) is 4.62. The lowest BCUT2D eigenvalue weighted by Crippen LogP contribution is -2.17. The van der Waals surface area contributed by atoms with Crippen molar-refractivity contribution in [1.29, 1.82) is 0 Å². The van der Waals surface area contributed by atoms with Crippen LogP contribution in [0.3, 0.4) is 0 Å². The number of benzene rings is 1. The number of rotatable bonds is 2. The predicted molar refractivity (Wildman–Crippen MR) is 73.4 cm³/mol. The molecule has 2 heterocycles. The molecule has 1 aliphatic heterocycles. The number of ether oxygens (including phenoxy) is 2. The Balaban J connectivity index is 1.84. The SMILES string of the molecule is Cc1n[nH]c(C)c1NC(=O)c1ccc2c(c1)OCCO2. The maximum Gasteiger partial charge on any atom is 0.255 e. The zero-order valence-corrected chi connectivity index (χ0v) is 11.3. The zero-order chi connectivity index (χ0) is 14.1. The third-order valence-electron chi connectivity index (χ3n) is 3.17. The molecule has 3 rings (SSSR count). The van der Waals surface area contributed by atoms with E-state index in [0.717, 1.165) is 11.4 Å². The fourth-order valence-corrected chi connectivity index (χ4v) is 2.11. The lowest BCUT2D eigenvalue weighted by Gasteiger charge is -2.18. The topological polar surface area (TPSA) is 76.2 Å². The van der Waals surface area contributed by atoms with Gasteiger partial charge in [-0.05, 0) is 32.0 Å². The highest BCUT2D eigenvalue weighted by Crippen LogP contribution is 2.31. The summed E-state index contributed by atoms with van der Waals surface area (Å²) in [5.74, 6) is 1.07. The summed E-state index contributed by atoms with van der Waals surface area (Å²) in [4.78, 5) is 12.3. The maximum atomic E-state index is 12.3. The Labute approximate surface area is 116 Å². The van der Waals surface area contributed by atoms with E-state index in [2.05, 4.69) is 15.5 Å². The van der Waals surface area contributed by atoms with Crippen molar-refractivity contribution < 1.29 is 14.3 Å². The van der Waals surface area contributed by atoms with E-state index in [4.69, 9.17) is 9.47 Å². The Bertz CT molecular complexity index is 644. The van der Waals surface area contributed by atoms with Gasteiger partial charge < -0.3 is 14.8 Å². The van der Waals surface area contributed by atoms with Gasteiger partial charge in [-0.25, -0.2) is 0 Å². The lowest BCUT2D eigenvalue weighted by atomic mass is 10.1. The van der Waals surface area contributed by atoms with Crippen molar-refractivity contribution in [3.05, 3.63) is 35.2 Å². The van der Waals surface area contributed by atoms with Crippen LogP contribution in [-0.2, 0) is 0 Å². The average Bonchev–Trinajstić information content (AvgIpc) is 2.78. The quantitative estimate of drug-likeness (QED) is 0.878. The number of carbonyl (C=O) groups is 1. The van der Waals surface area contributed by atoms with Crippen molar-refractivity contribution >= 4 is 11.6 Å². The Hall–Kier alpha value is -2.50. The Morgan fingerprint density at radius 1 is 1.25 bits per heavy atom. The zero-order valence-electron chi connectivity index (χ0n) is 11.3. The van der Waals surface area contributed by atoms with Crippen LogP contribution >= 0.6 is 0 Å². The molecule has 20 heavy (non-hydrogen) atoms. The van der Waals surface area contributed by atoms with Crippen LogP contribution in [0, 0.1) is 13.8 Å². The number of carbonyl (C=O) groups excluding carboxylic acids is 1. The van der Waals surface area contributed by atoms with Crippen LogP contribution in [0.25, 0.3) is 0 Å². The van der Waals surface area contributed by atoms with Gasteiger partial charge in [0.05, 0.1) is 17.1 Å². The molecule has 2 N–H and O–H groups in total. The fraction of sp³-hybridized carbons (Fsp3) is 0.286. The molecule has 0 atom stereocenters. The summed E-state index contributed by atoms with van der Waals surface area (Å²) in [6.45, 7) is 4.73. The minimum atomic E-state index is -0.199. The van der Waals surface area contributed by atoms with E-state index < -0.39 is 0 Å². The number of nitrogens with one attached hydrogen (secondary N) is 2. The molecule has 1 amide bonds. The number of nitrogens with zero attached hydrogens (tertiary/aromatic N) is 1. The highest BCUT2D eigenvalue weighted by atomic mass is 16.6. The molecule has 6 nitrogen and oxygen atoms in total. The summed E-state index contributed by atoms with van der Waals surface area (Å²) in [6.07, 6.45) is 0. The lowest BCUT2D eigenvalue weighted by molar-refractivity contribution is 0.102. The van der Waals surface area contributed by atoms with E-state index in [1.807, 2.05) is 13.8 Å². The molecule has 6 heteroatoms. The number of fused-ring (bicyclic) bond motifs is 1. The van der Waals surface area contributed by atoms with Crippen molar-refractivity contribution in [2.45, 2.75) is 13.8 Å². The Morgan fingerprint density at radius 3 is 2.70 bits per heavy atom. The number of aromatic amines is 1. The van der Waals surface area contributed by atoms with Crippen molar-refractivity contribution in [2.75, 3.05) is 18.5 Å². The van der Waals surface area contributed by atoms with Gasteiger partial charge in [0.25, 0.3) is 5.91 Å². The van der Waals surface area contributed by atoms with E-state index in [1.165, 1.54) is 0 Å². The molecule has 1 aliphatic rings. The number of H-pyrrole nitrogens is 1. The van der Waals surface area contributed by atoms with Crippen molar-refractivity contribution in [2.24, 2.45) is 0 Å². The summed E-state index contributed by atoms with van der Waals surface area (Å²) in [5, 5.41) is 9.74. The molecule has 1 aromatic heterocycles. The van der Waals surface area contributed by atoms with Gasteiger partial charge in [0.2, 0.25) is 0 Å². The number of aryl methyl sites for hydroxylation is 2. The minimum absolute atomic E-state index is 0.199. The number of hydrogen-bond donors (Lipinski definition) is 2. The molecule has 0 bridgehead atoms. The minimum Gasteiger partial charge on any atom is -0.486 e. The van der Waals surface area contributed by atoms with Crippen molar-refractivity contribution in [3.63, 3.8) is 0 Å². The average molecular weight is 273 g/mol. The van der Waals surface area contributed by atoms with E-state index in [1.54, 1.807) is 18.2 Å². The van der Waals surface area contributed by atoms with E-state index in [9.17, 15) is 4.79 Å². The van der Waals surface area contributed by atoms with Crippen LogP contribution in [0.2, 0.25) is 0 Å². The van der Waals surface area contributed by atoms with Crippen molar-refractivity contribution in [3.8, 4) is 11.5 Å². The number of hydrogen-bond acceptors (Lipinski definition) is 4. The van der Waals surface area contributed by atoms with Gasteiger partial charge in [-0.3, -0.25) is 9.89 Å². The maximum absolute atomic E-state index is 12.3. The normalized spacial score (nSPS) is 13.1. The first-order valence-corrected chi connectivity index (χ1v) is 6.37. The summed E-state index contributed by atoms with van der Waals surface area (Å²) >= 11 is 0. The Kier molecular flexibility index (Phi) is 3.06. The van der Waals surface area contributed by atoms with Crippen LogP contribution < -0.4 is 14.8 Å². The largest absolute Gasteiger partial charge is 0.486 e. The second-order valence-electron chi connectivity index (χ2n) is 4.62. The summed E-state index contributed by atoms with van der Waals surface area (Å²) in [5.41, 5.74) is 2.82. The first-order chi connectivity index (χ1) is 9.65. The Morgan fingerprint density at radius 2 is 2.00 bits per heavy atom. The van der Waals surface area contributed by atoms with Crippen LogP contribution in [0.5, 0.6) is 11.5 Å². The third kappa shape index (κ3) is 2.20. The molecule has 0 saturated heterocycles. The molecule has 0 fully saturated rings. The molecule has 0 saturated carbocycles. The van der Waals surface area contributed by atoms with E-state index in [0.29, 0.717) is 36.0 Å². The molecule has 0 radical (unpaired) electrons. The van der Waals surface area contributed by atoms with Gasteiger partial charge in [-0.1, -0.05) is 0 Å². The summed E-state index contributed by atoms with van der Waals surface area (Å²) < 4.78 is 10.9. The molecular weight excluding hydrogens is 258 g/mol. The van der Waals surface area contributed by atoms with Crippen LogP contribution in [-0.4, -0.2) is 29.3 Å². The summed E-state index contributed by atoms with van der Waals surface area (Å²) in [7, 11) is 0. The fourth-order valence-electron chi connectivity index (χ4n) is 2.11. The smallest absolute Gasteiger partial charge is 0.255 e. The second kappa shape index (κ2) is 4.88. The summed E-state index contributed by atoms with van der Waals surface area (Å²) in [6, 6.07) is 5.15. The highest BCUT2D eigenvalue weighted by molar-refractivity contribution is 6.05. The molecule has 1 aromatic carbocycles. The number of anilines is 1.